The van der Waals surface area contributed by atoms with Crippen LogP contribution in [-0.2, 0) is 19.8 Å². The van der Waals surface area contributed by atoms with Crippen LogP contribution in [0.15, 0.2) is 0 Å². The average Bonchev–Trinajstić information content (AvgIpc) is 1.00. The van der Waals surface area contributed by atoms with Gasteiger partial charge in [0, 0.05) is 35.6 Å². The van der Waals surface area contributed by atoms with E-state index >= 15 is 0 Å². The van der Waals surface area contributed by atoms with Gasteiger partial charge in [-0.25, -0.2) is 0 Å². The second kappa shape index (κ2) is 17.1. The van der Waals surface area contributed by atoms with Crippen LogP contribution in [0.4, 0.5) is 0 Å². The molecule has 24 valence electrons. The monoisotopic (exact) mass is 260 g/mol. The molecule has 0 aliphatic carbocycles. The van der Waals surface area contributed by atoms with Crippen LogP contribution >= 0.6 is 0 Å². The van der Waals surface area contributed by atoms with Crippen LogP contribution in [-0.4, -0.2) is 37.7 Å². The van der Waals surface area contributed by atoms with E-state index < -0.39 is 0 Å². The molecule has 0 bridgehead atoms. The van der Waals surface area contributed by atoms with Crippen LogP contribution < -0.4 is 0 Å². The Hall–Kier alpha value is 2.77. The van der Waals surface area contributed by atoms with Gasteiger partial charge in [-0.2, -0.15) is 0 Å². The minimum absolute atomic E-state index is 0. The van der Waals surface area contributed by atoms with Gasteiger partial charge in [-0.15, -0.1) is 0 Å². The fourth-order valence-corrected chi connectivity index (χ4v) is 0. The zero-order chi connectivity index (χ0) is 2.00. The van der Waals surface area contributed by atoms with Gasteiger partial charge in [0.15, 0.2) is 0 Å². The molecule has 0 N–H and O–H groups in total. The fourth-order valence-electron chi connectivity index (χ4n) is 0. The third-order valence-corrected chi connectivity index (χ3v) is 0. The summed E-state index contributed by atoms with van der Waals surface area (Å²) in [5, 5.41) is 0. The summed E-state index contributed by atoms with van der Waals surface area (Å²) in [5.74, 6) is 0. The Labute approximate surface area is 93.9 Å². The molecule has 4 heteroatoms. The van der Waals surface area contributed by atoms with Crippen molar-refractivity contribution in [2.24, 2.45) is 0 Å². The molecule has 0 saturated heterocycles. The topological polar surface area (TPSA) is 17.1 Å². The first-order valence-electron chi connectivity index (χ1n) is 0.123. The molecule has 1 radical (unpaired) electrons. The first-order chi connectivity index (χ1) is 1.00. The molecule has 0 rings (SSSR count). The Morgan fingerprint density at radius 3 is 1.50 bits per heavy atom. The summed E-state index contributed by atoms with van der Waals surface area (Å²) in [6, 6.07) is 0. The molecule has 0 fully saturated rings. The van der Waals surface area contributed by atoms with Crippen molar-refractivity contribution in [1.29, 1.82) is 0 Å². The van der Waals surface area contributed by atoms with Crippen molar-refractivity contribution in [3.63, 3.8) is 0 Å². The molecule has 1 nitrogen and oxygen atoms in total. The Bertz CT molecular complexity index is 13.5. The number of hydrogen-bond acceptors (Lipinski definition) is 1. The zero-order valence-electron chi connectivity index (χ0n) is 3.99. The molecular formula is H2CaCuLaO. The second-order valence-electron chi connectivity index (χ2n) is 0. The van der Waals surface area contributed by atoms with Crippen molar-refractivity contribution in [2.75, 3.05) is 0 Å². The predicted octanol–water partition coefficient (Wildman–Crippen LogP) is -0.277. The van der Waals surface area contributed by atoms with Crippen LogP contribution in [0, 0.1) is 35.6 Å². The van der Waals surface area contributed by atoms with E-state index in [2.05, 4.69) is 15.9 Å². The van der Waals surface area contributed by atoms with Gasteiger partial charge in [0.1, 0.15) is 0 Å². The summed E-state index contributed by atoms with van der Waals surface area (Å²) in [6.07, 6.45) is 0. The van der Waals surface area contributed by atoms with Crippen molar-refractivity contribution in [1.82, 2.24) is 0 Å². The van der Waals surface area contributed by atoms with E-state index in [-0.39, 0.29) is 76.2 Å². The Balaban J connectivity index is -0.000000000833. The predicted molar refractivity (Wildman–Crippen MR) is 8.66 cm³/mol. The third kappa shape index (κ3) is 8.84. The molecule has 4 heavy (non-hydrogen) atoms. The average molecular weight is 261 g/mol. The molecule has 0 unspecified atom stereocenters. The summed E-state index contributed by atoms with van der Waals surface area (Å²) in [7, 11) is 0. The molecule has 0 aromatic heterocycles. The third-order valence-electron chi connectivity index (χ3n) is 0. The molecule has 0 heterocycles. The molecule has 0 amide bonds. The van der Waals surface area contributed by atoms with E-state index in [4.69, 9.17) is 3.83 Å². The van der Waals surface area contributed by atoms with Crippen LogP contribution in [0.2, 0.25) is 0 Å². The van der Waals surface area contributed by atoms with Crippen LogP contribution in [0.1, 0.15) is 2.85 Å². The van der Waals surface area contributed by atoms with Crippen LogP contribution in [0.25, 0.3) is 0 Å². The van der Waals surface area contributed by atoms with Crippen molar-refractivity contribution >= 4 is 37.7 Å². The fraction of sp³-hybridized carbons (Fsp3) is 0. The van der Waals surface area contributed by atoms with E-state index in [0.717, 1.165) is 0 Å². The Kier molecular flexibility index (Phi) is 67.8. The van der Waals surface area contributed by atoms with Crippen LogP contribution in [0.5, 0.6) is 0 Å². The molecule has 0 aromatic carbocycles. The van der Waals surface area contributed by atoms with E-state index in [9.17, 15) is 0 Å². The molecule has 0 saturated carbocycles. The normalized spacial score (nSPS) is 1.50. The quantitative estimate of drug-likeness (QED) is 0.548. The van der Waals surface area contributed by atoms with Gasteiger partial charge >= 0.3 is 57.5 Å². The van der Waals surface area contributed by atoms with Gasteiger partial charge in [-0.3, -0.25) is 0 Å². The van der Waals surface area contributed by atoms with Gasteiger partial charge in [-0.05, 0) is 0 Å². The van der Waals surface area contributed by atoms with Gasteiger partial charge in [0.25, 0.3) is 0 Å². The van der Waals surface area contributed by atoms with Gasteiger partial charge in [-0.1, -0.05) is 0 Å². The molecule has 0 spiro atoms. The number of hydrogen-bond donors (Lipinski definition) is 0. The van der Waals surface area contributed by atoms with E-state index in [1.54, 1.807) is 0 Å². The first kappa shape index (κ1) is 15.9. The molecule has 0 atom stereocenters. The maximum absolute atomic E-state index is 7.81. The van der Waals surface area contributed by atoms with Crippen LogP contribution in [0.3, 0.4) is 0 Å². The SMILES string of the molecule is [Ca+2].[H-].[H-].[La].[O]=[Cu]. The Morgan fingerprint density at radius 2 is 1.50 bits per heavy atom. The summed E-state index contributed by atoms with van der Waals surface area (Å²) >= 11 is 2.94. The Morgan fingerprint density at radius 1 is 1.50 bits per heavy atom. The van der Waals surface area contributed by atoms with E-state index in [1.165, 1.54) is 0 Å². The van der Waals surface area contributed by atoms with Gasteiger partial charge in [0.2, 0.25) is 0 Å². The van der Waals surface area contributed by atoms with Crippen molar-refractivity contribution < 1.29 is 58.2 Å². The summed E-state index contributed by atoms with van der Waals surface area (Å²) < 4.78 is 7.81. The van der Waals surface area contributed by atoms with Crippen molar-refractivity contribution in [2.45, 2.75) is 0 Å². The maximum atomic E-state index is 7.81. The van der Waals surface area contributed by atoms with E-state index in [0.29, 0.717) is 0 Å². The van der Waals surface area contributed by atoms with E-state index in [1.807, 2.05) is 0 Å². The zero-order valence-corrected chi connectivity index (χ0v) is 8.77. The van der Waals surface area contributed by atoms with Gasteiger partial charge in [0.05, 0.1) is 0 Å². The van der Waals surface area contributed by atoms with Gasteiger partial charge < -0.3 is 2.85 Å². The van der Waals surface area contributed by atoms with Crippen molar-refractivity contribution in [3.05, 3.63) is 0 Å². The molecule has 0 aliphatic heterocycles. The summed E-state index contributed by atoms with van der Waals surface area (Å²) in [4.78, 5) is 0. The minimum atomic E-state index is 0. The first-order valence-corrected chi connectivity index (χ1v) is 0.508. The molecule has 0 aromatic rings. The number of rotatable bonds is 0. The summed E-state index contributed by atoms with van der Waals surface area (Å²) in [5.41, 5.74) is 0. The van der Waals surface area contributed by atoms with Crippen molar-refractivity contribution in [3.8, 4) is 0 Å². The summed E-state index contributed by atoms with van der Waals surface area (Å²) in [6.45, 7) is 0. The molecular weight excluding hydrogens is 259 g/mol. The molecule has 0 aliphatic rings. The standard InChI is InChI=1S/Ca.Cu.La.O.2H/q+2;;;;2*-1. The second-order valence-corrected chi connectivity index (χ2v) is 0.